The van der Waals surface area contributed by atoms with Crippen LogP contribution in [0.3, 0.4) is 0 Å². The van der Waals surface area contributed by atoms with Crippen LogP contribution in [0.4, 0.5) is 11.4 Å². The summed E-state index contributed by atoms with van der Waals surface area (Å²) in [4.78, 5) is 25.7. The number of carbonyl (C=O) groups excluding carboxylic acids is 2. The number of fused-ring (bicyclic) bond motifs is 1. The third-order valence-corrected chi connectivity index (χ3v) is 3.58. The van der Waals surface area contributed by atoms with Crippen molar-refractivity contribution in [1.29, 1.82) is 0 Å². The van der Waals surface area contributed by atoms with Gasteiger partial charge in [0, 0.05) is 17.9 Å². The van der Waals surface area contributed by atoms with Crippen molar-refractivity contribution in [2.75, 3.05) is 16.8 Å². The van der Waals surface area contributed by atoms with E-state index in [0.717, 1.165) is 11.3 Å². The van der Waals surface area contributed by atoms with E-state index < -0.39 is 0 Å². The Bertz CT molecular complexity index is 721. The number of aromatic nitrogens is 1. The minimum absolute atomic E-state index is 0.0888. The number of hydrogen-bond donors (Lipinski definition) is 1. The second-order valence-corrected chi connectivity index (χ2v) is 4.91. The zero-order chi connectivity index (χ0) is 15.0. The van der Waals surface area contributed by atoms with E-state index >= 15 is 0 Å². The molecular formula is C15H15N3O3. The highest BCUT2D eigenvalue weighted by Crippen LogP contribution is 2.31. The summed E-state index contributed by atoms with van der Waals surface area (Å²) in [6.45, 7) is 4.27. The molecule has 1 aromatic carbocycles. The number of likely N-dealkylation sites (N-methyl/N-ethyl adjacent to an activating group) is 1. The Balaban J connectivity index is 1.83. The molecule has 6 heteroatoms. The largest absolute Gasteiger partial charge is 0.361 e. The minimum atomic E-state index is -0.273. The van der Waals surface area contributed by atoms with E-state index in [1.165, 1.54) is 6.20 Å². The second-order valence-electron chi connectivity index (χ2n) is 4.91. The van der Waals surface area contributed by atoms with Gasteiger partial charge in [-0.2, -0.15) is 0 Å². The summed E-state index contributed by atoms with van der Waals surface area (Å²) in [6.07, 6.45) is 1.76. The van der Waals surface area contributed by atoms with Crippen molar-refractivity contribution in [3.63, 3.8) is 0 Å². The molecule has 1 N–H and O–H groups in total. The zero-order valence-electron chi connectivity index (χ0n) is 11.8. The second kappa shape index (κ2) is 5.05. The Morgan fingerprint density at radius 2 is 2.29 bits per heavy atom. The van der Waals surface area contributed by atoms with E-state index in [1.807, 2.05) is 19.1 Å². The van der Waals surface area contributed by atoms with E-state index in [4.69, 9.17) is 4.52 Å². The molecule has 2 aromatic rings. The summed E-state index contributed by atoms with van der Waals surface area (Å²) in [5.41, 5.74) is 2.91. The summed E-state index contributed by atoms with van der Waals surface area (Å²) < 4.78 is 4.88. The van der Waals surface area contributed by atoms with Crippen LogP contribution in [0.15, 0.2) is 28.9 Å². The fourth-order valence-corrected chi connectivity index (χ4v) is 2.52. The third-order valence-electron chi connectivity index (χ3n) is 3.58. The van der Waals surface area contributed by atoms with Crippen molar-refractivity contribution in [3.8, 4) is 0 Å². The number of aryl methyl sites for hydroxylation is 1. The number of carbonyl (C=O) groups is 2. The quantitative estimate of drug-likeness (QED) is 0.937. The highest BCUT2D eigenvalue weighted by molar-refractivity contribution is 6.06. The first-order chi connectivity index (χ1) is 10.1. The maximum Gasteiger partial charge on any atom is 0.260 e. The van der Waals surface area contributed by atoms with Crippen LogP contribution >= 0.6 is 0 Å². The number of nitrogens with one attached hydrogen (secondary N) is 1. The lowest BCUT2D eigenvalue weighted by molar-refractivity contribution is -0.117. The molecule has 0 radical (unpaired) electrons. The molecule has 1 aromatic heterocycles. The first-order valence-electron chi connectivity index (χ1n) is 6.76. The van der Waals surface area contributed by atoms with Gasteiger partial charge < -0.3 is 14.7 Å². The molecule has 0 unspecified atom stereocenters. The topological polar surface area (TPSA) is 75.4 Å². The monoisotopic (exact) mass is 285 g/mol. The fraction of sp³-hybridized carbons (Fsp3) is 0.267. The predicted molar refractivity (Wildman–Crippen MR) is 77.4 cm³/mol. The van der Waals surface area contributed by atoms with Crippen LogP contribution in [0.2, 0.25) is 0 Å². The van der Waals surface area contributed by atoms with Crippen molar-refractivity contribution in [2.24, 2.45) is 0 Å². The van der Waals surface area contributed by atoms with Crippen LogP contribution in [-0.4, -0.2) is 23.5 Å². The van der Waals surface area contributed by atoms with Crippen molar-refractivity contribution in [1.82, 2.24) is 5.16 Å². The standard InChI is InChI=1S/C15H15N3O3/c1-3-18-13-5-4-11(6-10(13)7-14(18)19)17-15(20)12-8-16-21-9(12)2/h4-6,8H,3,7H2,1-2H3,(H,17,20). The number of rotatable bonds is 3. The molecule has 0 bridgehead atoms. The Hall–Kier alpha value is -2.63. The highest BCUT2D eigenvalue weighted by atomic mass is 16.5. The molecule has 0 atom stereocenters. The van der Waals surface area contributed by atoms with Gasteiger partial charge in [-0.05, 0) is 37.6 Å². The Labute approximate surface area is 121 Å². The Kier molecular flexibility index (Phi) is 3.21. The normalized spacial score (nSPS) is 13.4. The van der Waals surface area contributed by atoms with Gasteiger partial charge in [0.25, 0.3) is 5.91 Å². The average Bonchev–Trinajstić information content (AvgIpc) is 3.00. The fourth-order valence-electron chi connectivity index (χ4n) is 2.52. The molecule has 0 aliphatic carbocycles. The Morgan fingerprint density at radius 1 is 1.48 bits per heavy atom. The van der Waals surface area contributed by atoms with Gasteiger partial charge >= 0.3 is 0 Å². The number of amides is 2. The molecule has 6 nitrogen and oxygen atoms in total. The molecule has 1 aliphatic rings. The highest BCUT2D eigenvalue weighted by Gasteiger charge is 2.26. The summed E-state index contributed by atoms with van der Waals surface area (Å²) >= 11 is 0. The van der Waals surface area contributed by atoms with Gasteiger partial charge in [-0.1, -0.05) is 5.16 Å². The predicted octanol–water partition coefficient (Wildman–Crippen LogP) is 2.14. The zero-order valence-corrected chi connectivity index (χ0v) is 11.8. The van der Waals surface area contributed by atoms with Gasteiger partial charge in [0.05, 0.1) is 12.6 Å². The average molecular weight is 285 g/mol. The van der Waals surface area contributed by atoms with Crippen LogP contribution in [0, 0.1) is 6.92 Å². The number of benzene rings is 1. The lowest BCUT2D eigenvalue weighted by Gasteiger charge is -2.14. The van der Waals surface area contributed by atoms with Gasteiger partial charge in [-0.3, -0.25) is 9.59 Å². The van der Waals surface area contributed by atoms with Gasteiger partial charge in [0.2, 0.25) is 5.91 Å². The third kappa shape index (κ3) is 2.29. The SMILES string of the molecule is CCN1C(=O)Cc2cc(NC(=O)c3cnoc3C)ccc21. The van der Waals surface area contributed by atoms with Crippen molar-refractivity contribution < 1.29 is 14.1 Å². The summed E-state index contributed by atoms with van der Waals surface area (Å²) in [5.74, 6) is 0.289. The van der Waals surface area contributed by atoms with Crippen LogP contribution in [0.5, 0.6) is 0 Å². The lowest BCUT2D eigenvalue weighted by atomic mass is 10.1. The van der Waals surface area contributed by atoms with Gasteiger partial charge in [0.15, 0.2) is 0 Å². The molecule has 0 fully saturated rings. The van der Waals surface area contributed by atoms with Crippen molar-refractivity contribution >= 4 is 23.2 Å². The van der Waals surface area contributed by atoms with E-state index in [1.54, 1.807) is 17.9 Å². The van der Waals surface area contributed by atoms with Crippen LogP contribution in [-0.2, 0) is 11.2 Å². The van der Waals surface area contributed by atoms with Crippen LogP contribution in [0.25, 0.3) is 0 Å². The molecular weight excluding hydrogens is 270 g/mol. The molecule has 2 heterocycles. The summed E-state index contributed by atoms with van der Waals surface area (Å²) in [7, 11) is 0. The maximum absolute atomic E-state index is 12.1. The van der Waals surface area contributed by atoms with Gasteiger partial charge in [-0.15, -0.1) is 0 Å². The molecule has 108 valence electrons. The smallest absolute Gasteiger partial charge is 0.260 e. The first-order valence-corrected chi connectivity index (χ1v) is 6.76. The van der Waals surface area contributed by atoms with Gasteiger partial charge in [-0.25, -0.2) is 0 Å². The van der Waals surface area contributed by atoms with Crippen LogP contribution in [0.1, 0.15) is 28.6 Å². The molecule has 21 heavy (non-hydrogen) atoms. The van der Waals surface area contributed by atoms with Crippen molar-refractivity contribution in [3.05, 3.63) is 41.3 Å². The van der Waals surface area contributed by atoms with E-state index in [-0.39, 0.29) is 11.8 Å². The number of hydrogen-bond acceptors (Lipinski definition) is 4. The maximum atomic E-state index is 12.1. The number of anilines is 2. The molecule has 2 amide bonds. The lowest BCUT2D eigenvalue weighted by Crippen LogP contribution is -2.25. The van der Waals surface area contributed by atoms with E-state index in [9.17, 15) is 9.59 Å². The first kappa shape index (κ1) is 13.4. The molecule has 0 spiro atoms. The van der Waals surface area contributed by atoms with E-state index in [2.05, 4.69) is 10.5 Å². The summed E-state index contributed by atoms with van der Waals surface area (Å²) in [6, 6.07) is 5.49. The summed E-state index contributed by atoms with van der Waals surface area (Å²) in [5, 5.41) is 6.38. The molecule has 3 rings (SSSR count). The van der Waals surface area contributed by atoms with Crippen LogP contribution < -0.4 is 10.2 Å². The van der Waals surface area contributed by atoms with E-state index in [0.29, 0.717) is 30.0 Å². The number of nitrogens with zero attached hydrogens (tertiary/aromatic N) is 2. The molecule has 0 saturated heterocycles. The molecule has 1 aliphatic heterocycles. The molecule has 0 saturated carbocycles. The Morgan fingerprint density at radius 3 is 2.95 bits per heavy atom. The minimum Gasteiger partial charge on any atom is -0.361 e. The van der Waals surface area contributed by atoms with Gasteiger partial charge in [0.1, 0.15) is 11.3 Å². The van der Waals surface area contributed by atoms with Crippen molar-refractivity contribution in [2.45, 2.75) is 20.3 Å².